The lowest BCUT2D eigenvalue weighted by Crippen LogP contribution is -2.49. The highest BCUT2D eigenvalue weighted by molar-refractivity contribution is 5.77. The van der Waals surface area contributed by atoms with E-state index in [2.05, 4.69) is 45.3 Å². The van der Waals surface area contributed by atoms with Gasteiger partial charge < -0.3 is 19.7 Å². The second kappa shape index (κ2) is 7.81. The summed E-state index contributed by atoms with van der Waals surface area (Å²) in [5.74, 6) is 0.299. The highest BCUT2D eigenvalue weighted by Crippen LogP contribution is 2.22. The van der Waals surface area contributed by atoms with Crippen molar-refractivity contribution in [1.29, 1.82) is 0 Å². The molecule has 1 aliphatic rings. The Kier molecular flexibility index (Phi) is 5.24. The fraction of sp³-hybridized carbons (Fsp3) is 0.409. The Bertz CT molecular complexity index is 960. The normalized spacial score (nSPS) is 16.6. The van der Waals surface area contributed by atoms with E-state index in [1.54, 1.807) is 12.1 Å². The van der Waals surface area contributed by atoms with Gasteiger partial charge in [0.15, 0.2) is 0 Å². The number of aliphatic hydroxyl groups excluding tert-OH is 1. The molecule has 0 spiro atoms. The first kappa shape index (κ1) is 18.8. The third kappa shape index (κ3) is 3.98. The summed E-state index contributed by atoms with van der Waals surface area (Å²) in [5, 5.41) is 20.3. The van der Waals surface area contributed by atoms with Gasteiger partial charge in [-0.2, -0.15) is 0 Å². The van der Waals surface area contributed by atoms with Crippen LogP contribution in [0.4, 0.5) is 5.69 Å². The van der Waals surface area contributed by atoms with Crippen LogP contribution in [0.15, 0.2) is 42.7 Å². The zero-order chi connectivity index (χ0) is 19.7. The van der Waals surface area contributed by atoms with Crippen LogP contribution >= 0.6 is 0 Å². The number of aromatic nitrogens is 2. The van der Waals surface area contributed by atoms with Crippen LogP contribution in [-0.4, -0.2) is 63.5 Å². The fourth-order valence-electron chi connectivity index (χ4n) is 3.92. The number of anilines is 1. The zero-order valence-electron chi connectivity index (χ0n) is 16.5. The highest BCUT2D eigenvalue weighted by atomic mass is 16.3. The summed E-state index contributed by atoms with van der Waals surface area (Å²) in [6, 6.07) is 11.7. The topological polar surface area (TPSA) is 64.8 Å². The van der Waals surface area contributed by atoms with Crippen LogP contribution in [0.5, 0.6) is 5.75 Å². The molecule has 1 saturated heterocycles. The number of aromatic hydroxyl groups is 1. The molecule has 2 N–H and O–H groups in total. The van der Waals surface area contributed by atoms with Gasteiger partial charge in [-0.3, -0.25) is 4.90 Å². The van der Waals surface area contributed by atoms with E-state index in [0.29, 0.717) is 18.8 Å². The predicted molar refractivity (Wildman–Crippen MR) is 112 cm³/mol. The van der Waals surface area contributed by atoms with Crippen molar-refractivity contribution >= 4 is 16.7 Å². The first-order chi connectivity index (χ1) is 13.5. The molecule has 1 aliphatic heterocycles. The smallest absolute Gasteiger partial charge is 0.117 e. The molecule has 2 heterocycles. The summed E-state index contributed by atoms with van der Waals surface area (Å²) in [6.07, 6.45) is 1.39. The first-order valence-electron chi connectivity index (χ1n) is 9.86. The number of fused-ring (bicyclic) bond motifs is 1. The van der Waals surface area contributed by atoms with Crippen LogP contribution in [0.1, 0.15) is 11.1 Å². The number of imidazole rings is 1. The molecule has 28 heavy (non-hydrogen) atoms. The van der Waals surface area contributed by atoms with E-state index in [9.17, 15) is 10.2 Å². The number of aryl methyl sites for hydroxylation is 2. The van der Waals surface area contributed by atoms with Crippen LogP contribution in [0.2, 0.25) is 0 Å². The number of benzene rings is 2. The maximum atomic E-state index is 10.6. The number of phenolic OH excluding ortho intramolecular Hbond substituents is 1. The second-order valence-electron chi connectivity index (χ2n) is 7.78. The van der Waals surface area contributed by atoms with Gasteiger partial charge in [0.2, 0.25) is 0 Å². The Labute approximate surface area is 165 Å². The monoisotopic (exact) mass is 380 g/mol. The van der Waals surface area contributed by atoms with Crippen molar-refractivity contribution in [3.8, 4) is 5.75 Å². The van der Waals surface area contributed by atoms with Crippen molar-refractivity contribution in [3.05, 3.63) is 53.9 Å². The molecular formula is C22H28N4O2. The fourth-order valence-corrected chi connectivity index (χ4v) is 3.92. The molecule has 4 rings (SSSR count). The highest BCUT2D eigenvalue weighted by Gasteiger charge is 2.20. The predicted octanol–water partition coefficient (Wildman–Crippen LogP) is 2.54. The minimum atomic E-state index is -0.439. The maximum Gasteiger partial charge on any atom is 0.117 e. The third-order valence-corrected chi connectivity index (χ3v) is 5.68. The standard InChI is InChI=1S/C22H28N4O2/c1-16-10-21-22(11-17(16)2)26(15-23-21)14-20(28)13-24-6-8-25(9-7-24)18-4-3-5-19(27)12-18/h3-5,10-12,15,20,27-28H,6-9,13-14H2,1-2H3/t20-/m1/s1. The Balaban J connectivity index is 1.34. The average Bonchev–Trinajstić information content (AvgIpc) is 3.04. The minimum absolute atomic E-state index is 0.299. The number of piperazine rings is 1. The van der Waals surface area contributed by atoms with Gasteiger partial charge in [0.05, 0.1) is 30.0 Å². The maximum absolute atomic E-state index is 10.6. The molecule has 1 fully saturated rings. The molecule has 0 saturated carbocycles. The van der Waals surface area contributed by atoms with Gasteiger partial charge in [0.25, 0.3) is 0 Å². The molecule has 6 nitrogen and oxygen atoms in total. The molecule has 0 aliphatic carbocycles. The summed E-state index contributed by atoms with van der Waals surface area (Å²) in [7, 11) is 0. The average molecular weight is 380 g/mol. The summed E-state index contributed by atoms with van der Waals surface area (Å²) in [6.45, 7) is 8.98. The van der Waals surface area contributed by atoms with Crippen LogP contribution in [-0.2, 0) is 6.54 Å². The van der Waals surface area contributed by atoms with Gasteiger partial charge >= 0.3 is 0 Å². The number of rotatable bonds is 5. The van der Waals surface area contributed by atoms with Crippen molar-refractivity contribution < 1.29 is 10.2 Å². The molecule has 1 atom stereocenters. The van der Waals surface area contributed by atoms with Crippen LogP contribution in [0, 0.1) is 13.8 Å². The SMILES string of the molecule is Cc1cc2ncn(C[C@H](O)CN3CCN(c4cccc(O)c4)CC3)c2cc1C. The molecule has 0 unspecified atom stereocenters. The second-order valence-corrected chi connectivity index (χ2v) is 7.78. The zero-order valence-corrected chi connectivity index (χ0v) is 16.5. The number of aliphatic hydroxyl groups is 1. The van der Waals surface area contributed by atoms with Gasteiger partial charge in [-0.05, 0) is 49.2 Å². The van der Waals surface area contributed by atoms with Crippen LogP contribution in [0.25, 0.3) is 11.0 Å². The van der Waals surface area contributed by atoms with E-state index in [-0.39, 0.29) is 0 Å². The van der Waals surface area contributed by atoms with Crippen LogP contribution in [0.3, 0.4) is 0 Å². The molecule has 2 aromatic carbocycles. The molecular weight excluding hydrogens is 352 g/mol. The van der Waals surface area contributed by atoms with E-state index in [0.717, 1.165) is 42.9 Å². The molecule has 3 aromatic rings. The Morgan fingerprint density at radius 2 is 1.75 bits per heavy atom. The van der Waals surface area contributed by atoms with E-state index in [1.165, 1.54) is 11.1 Å². The van der Waals surface area contributed by atoms with E-state index in [1.807, 2.05) is 18.5 Å². The minimum Gasteiger partial charge on any atom is -0.508 e. The molecule has 0 amide bonds. The Hall–Kier alpha value is -2.57. The molecule has 0 bridgehead atoms. The van der Waals surface area contributed by atoms with Gasteiger partial charge in [-0.1, -0.05) is 6.07 Å². The van der Waals surface area contributed by atoms with Gasteiger partial charge in [0, 0.05) is 44.5 Å². The molecule has 0 radical (unpaired) electrons. The molecule has 1 aromatic heterocycles. The van der Waals surface area contributed by atoms with Crippen molar-refractivity contribution in [3.63, 3.8) is 0 Å². The number of nitrogens with zero attached hydrogens (tertiary/aromatic N) is 4. The Morgan fingerprint density at radius 1 is 1.00 bits per heavy atom. The van der Waals surface area contributed by atoms with Crippen molar-refractivity contribution in [2.24, 2.45) is 0 Å². The van der Waals surface area contributed by atoms with Crippen molar-refractivity contribution in [2.75, 3.05) is 37.6 Å². The van der Waals surface area contributed by atoms with Crippen LogP contribution < -0.4 is 4.90 Å². The Morgan fingerprint density at radius 3 is 2.50 bits per heavy atom. The lowest BCUT2D eigenvalue weighted by molar-refractivity contribution is 0.0959. The summed E-state index contributed by atoms with van der Waals surface area (Å²) in [5.41, 5.74) is 5.59. The summed E-state index contributed by atoms with van der Waals surface area (Å²) < 4.78 is 2.05. The third-order valence-electron chi connectivity index (χ3n) is 5.68. The quantitative estimate of drug-likeness (QED) is 0.712. The number of phenols is 1. The van der Waals surface area contributed by atoms with E-state index >= 15 is 0 Å². The van der Waals surface area contributed by atoms with E-state index < -0.39 is 6.10 Å². The first-order valence-corrected chi connectivity index (χ1v) is 9.86. The largest absolute Gasteiger partial charge is 0.508 e. The summed E-state index contributed by atoms with van der Waals surface area (Å²) >= 11 is 0. The van der Waals surface area contributed by atoms with Gasteiger partial charge in [-0.15, -0.1) is 0 Å². The lowest BCUT2D eigenvalue weighted by Gasteiger charge is -2.37. The number of hydrogen-bond donors (Lipinski definition) is 2. The van der Waals surface area contributed by atoms with Gasteiger partial charge in [-0.25, -0.2) is 4.98 Å². The van der Waals surface area contributed by atoms with E-state index in [4.69, 9.17) is 0 Å². The molecule has 148 valence electrons. The lowest BCUT2D eigenvalue weighted by atomic mass is 10.1. The number of hydrogen-bond acceptors (Lipinski definition) is 5. The number of β-amino-alcohol motifs (C(OH)–C–C–N with tert-alkyl or cyclic N) is 1. The van der Waals surface area contributed by atoms with Crippen molar-refractivity contribution in [2.45, 2.75) is 26.5 Å². The van der Waals surface area contributed by atoms with Crippen molar-refractivity contribution in [1.82, 2.24) is 14.5 Å². The summed E-state index contributed by atoms with van der Waals surface area (Å²) in [4.78, 5) is 9.06. The molecule has 6 heteroatoms. The van der Waals surface area contributed by atoms with Gasteiger partial charge in [0.1, 0.15) is 5.75 Å².